The molecule has 3 heterocycles. The molecule has 0 radical (unpaired) electrons. The molecular weight excluding hydrogens is 578 g/mol. The number of phenols is 1. The van der Waals surface area contributed by atoms with Crippen LogP contribution in [0.3, 0.4) is 0 Å². The normalized spacial score (nSPS) is 12.7. The van der Waals surface area contributed by atoms with E-state index in [4.69, 9.17) is 14.7 Å². The molecule has 47 heavy (non-hydrogen) atoms. The summed E-state index contributed by atoms with van der Waals surface area (Å²) in [6, 6.07) is 38.6. The number of fused-ring (bicyclic) bond motifs is 2. The Kier molecular flexibility index (Phi) is 7.35. The summed E-state index contributed by atoms with van der Waals surface area (Å²) < 4.78 is 6.39. The smallest absolute Gasteiger partial charge is 0.151 e. The molecule has 6 aromatic rings. The first-order valence-corrected chi connectivity index (χ1v) is 16.0. The van der Waals surface area contributed by atoms with Gasteiger partial charge in [0.25, 0.3) is 0 Å². The van der Waals surface area contributed by atoms with Gasteiger partial charge < -0.3 is 9.84 Å². The molecule has 2 aromatic heterocycles. The zero-order valence-corrected chi connectivity index (χ0v) is 27.7. The molecule has 7 rings (SSSR count). The number of ether oxygens (including phenoxy) is 1. The number of para-hydroxylation sites is 3. The van der Waals surface area contributed by atoms with E-state index in [1.807, 2.05) is 66.7 Å². The van der Waals surface area contributed by atoms with Crippen LogP contribution in [0, 0.1) is 0 Å². The molecule has 0 spiro atoms. The molecule has 5 nitrogen and oxygen atoms in total. The molecule has 0 saturated carbocycles. The minimum Gasteiger partial charge on any atom is -0.507 e. The number of hydrogen-bond donors (Lipinski definition) is 1. The minimum atomic E-state index is -0.0316. The van der Waals surface area contributed by atoms with E-state index in [9.17, 15) is 5.11 Å². The number of anilines is 3. The van der Waals surface area contributed by atoms with E-state index in [0.29, 0.717) is 11.3 Å². The second kappa shape index (κ2) is 11.4. The summed E-state index contributed by atoms with van der Waals surface area (Å²) in [5.41, 5.74) is 9.54. The monoisotopic (exact) mass is 617 g/mol. The van der Waals surface area contributed by atoms with Crippen LogP contribution in [-0.4, -0.2) is 15.1 Å². The maximum absolute atomic E-state index is 10.9. The number of hydrogen-bond acceptors (Lipinski definition) is 5. The maximum atomic E-state index is 10.9. The topological polar surface area (TPSA) is 58.5 Å². The van der Waals surface area contributed by atoms with Crippen molar-refractivity contribution >= 4 is 17.2 Å². The molecule has 1 aliphatic heterocycles. The van der Waals surface area contributed by atoms with Gasteiger partial charge in [-0.15, -0.1) is 0 Å². The van der Waals surface area contributed by atoms with Gasteiger partial charge in [0.05, 0.1) is 22.8 Å². The SMILES string of the molecule is CC(C)(C)c1cc(-c2cc(-c3ccc4c(c3)N(c3ccccn3)c3ccccc3O4)nc(-c3ccccc3O)c2)cc(C(C)(C)C)c1. The molecule has 0 saturated heterocycles. The first kappa shape index (κ1) is 30.2. The molecule has 0 atom stereocenters. The summed E-state index contributed by atoms with van der Waals surface area (Å²) in [4.78, 5) is 12.0. The lowest BCUT2D eigenvalue weighted by atomic mass is 9.79. The quantitative estimate of drug-likeness (QED) is 0.213. The highest BCUT2D eigenvalue weighted by molar-refractivity contribution is 5.88. The average molecular weight is 618 g/mol. The molecule has 5 heteroatoms. The van der Waals surface area contributed by atoms with Crippen LogP contribution < -0.4 is 9.64 Å². The highest BCUT2D eigenvalue weighted by atomic mass is 16.5. The molecule has 234 valence electrons. The van der Waals surface area contributed by atoms with E-state index < -0.39 is 0 Å². The zero-order valence-electron chi connectivity index (χ0n) is 27.7. The number of benzene rings is 4. The molecule has 0 fully saturated rings. The number of rotatable bonds is 4. The Morgan fingerprint density at radius 1 is 0.574 bits per heavy atom. The van der Waals surface area contributed by atoms with Crippen molar-refractivity contribution in [2.75, 3.05) is 4.90 Å². The van der Waals surface area contributed by atoms with Crippen molar-refractivity contribution in [3.63, 3.8) is 0 Å². The van der Waals surface area contributed by atoms with Crippen molar-refractivity contribution in [3.8, 4) is 50.9 Å². The molecule has 1 aliphatic rings. The fourth-order valence-corrected chi connectivity index (χ4v) is 5.98. The summed E-state index contributed by atoms with van der Waals surface area (Å²) in [5.74, 6) is 2.50. The van der Waals surface area contributed by atoms with E-state index in [2.05, 4.69) is 88.9 Å². The number of aromatic hydroxyl groups is 1. The van der Waals surface area contributed by atoms with Crippen LogP contribution in [0.15, 0.2) is 121 Å². The van der Waals surface area contributed by atoms with E-state index >= 15 is 0 Å². The summed E-state index contributed by atoms with van der Waals surface area (Å²) in [6.45, 7) is 13.5. The van der Waals surface area contributed by atoms with Gasteiger partial charge in [-0.1, -0.05) is 90.1 Å². The summed E-state index contributed by atoms with van der Waals surface area (Å²) in [6.07, 6.45) is 1.80. The fourth-order valence-electron chi connectivity index (χ4n) is 5.98. The summed E-state index contributed by atoms with van der Waals surface area (Å²) in [5, 5.41) is 10.9. The Morgan fingerprint density at radius 2 is 1.21 bits per heavy atom. The molecule has 1 N–H and O–H groups in total. The third-order valence-electron chi connectivity index (χ3n) is 8.70. The predicted octanol–water partition coefficient (Wildman–Crippen LogP) is 11.4. The van der Waals surface area contributed by atoms with Crippen LogP contribution >= 0.6 is 0 Å². The van der Waals surface area contributed by atoms with Gasteiger partial charge in [-0.3, -0.25) is 4.90 Å². The van der Waals surface area contributed by atoms with Crippen LogP contribution in [-0.2, 0) is 10.8 Å². The third kappa shape index (κ3) is 5.85. The van der Waals surface area contributed by atoms with Crippen molar-refractivity contribution in [3.05, 3.63) is 133 Å². The fraction of sp³-hybridized carbons (Fsp3) is 0.190. The van der Waals surface area contributed by atoms with Crippen molar-refractivity contribution in [2.24, 2.45) is 0 Å². The largest absolute Gasteiger partial charge is 0.507 e. The van der Waals surface area contributed by atoms with Gasteiger partial charge in [0.1, 0.15) is 11.6 Å². The Hall–Kier alpha value is -5.42. The Morgan fingerprint density at radius 3 is 1.91 bits per heavy atom. The van der Waals surface area contributed by atoms with E-state index in [0.717, 1.165) is 51.1 Å². The summed E-state index contributed by atoms with van der Waals surface area (Å²) in [7, 11) is 0. The van der Waals surface area contributed by atoms with Crippen LogP contribution in [0.1, 0.15) is 52.7 Å². The first-order chi connectivity index (χ1) is 22.5. The second-order valence-electron chi connectivity index (χ2n) is 14.2. The first-order valence-electron chi connectivity index (χ1n) is 16.0. The van der Waals surface area contributed by atoms with Gasteiger partial charge >= 0.3 is 0 Å². The number of nitrogens with zero attached hydrogens (tertiary/aromatic N) is 3. The third-order valence-corrected chi connectivity index (χ3v) is 8.70. The van der Waals surface area contributed by atoms with Crippen LogP contribution in [0.4, 0.5) is 17.2 Å². The molecule has 0 unspecified atom stereocenters. The highest BCUT2D eigenvalue weighted by Crippen LogP contribution is 2.51. The average Bonchev–Trinajstić information content (AvgIpc) is 3.06. The van der Waals surface area contributed by atoms with E-state index in [-0.39, 0.29) is 16.6 Å². The van der Waals surface area contributed by atoms with Crippen molar-refractivity contribution in [1.29, 1.82) is 0 Å². The minimum absolute atomic E-state index is 0.0316. The zero-order chi connectivity index (χ0) is 32.9. The molecule has 0 bridgehead atoms. The number of phenolic OH excluding ortho intramolecular Hbond substituents is 1. The van der Waals surface area contributed by atoms with Gasteiger partial charge in [-0.2, -0.15) is 0 Å². The van der Waals surface area contributed by atoms with Gasteiger partial charge in [0, 0.05) is 17.3 Å². The maximum Gasteiger partial charge on any atom is 0.151 e. The van der Waals surface area contributed by atoms with Crippen molar-refractivity contribution < 1.29 is 9.84 Å². The molecular formula is C42H39N3O2. The van der Waals surface area contributed by atoms with Gasteiger partial charge in [-0.05, 0) is 99.8 Å². The van der Waals surface area contributed by atoms with Gasteiger partial charge in [0.2, 0.25) is 0 Å². The Bertz CT molecular complexity index is 2070. The molecule has 0 aliphatic carbocycles. The Balaban J connectivity index is 1.45. The van der Waals surface area contributed by atoms with Crippen LogP contribution in [0.25, 0.3) is 33.6 Å². The van der Waals surface area contributed by atoms with Gasteiger partial charge in [0.15, 0.2) is 11.5 Å². The number of aromatic nitrogens is 2. The van der Waals surface area contributed by atoms with Crippen molar-refractivity contribution in [1.82, 2.24) is 9.97 Å². The van der Waals surface area contributed by atoms with E-state index in [1.165, 1.54) is 11.1 Å². The molecule has 4 aromatic carbocycles. The van der Waals surface area contributed by atoms with E-state index in [1.54, 1.807) is 12.3 Å². The second-order valence-corrected chi connectivity index (χ2v) is 14.2. The number of pyridine rings is 2. The van der Waals surface area contributed by atoms with Crippen LogP contribution in [0.2, 0.25) is 0 Å². The lowest BCUT2D eigenvalue weighted by Crippen LogP contribution is -2.17. The standard InChI is InChI=1S/C42H39N3O2/c1-41(2,3)30-21-28(22-31(26-30)42(4,5)6)29-23-33(44-34(24-29)32-13-7-9-15-37(32)46)27-18-19-39-36(25-27)45(40-17-11-12-20-43-40)35-14-8-10-16-38(35)47-39/h7-26,46H,1-6H3. The lowest BCUT2D eigenvalue weighted by molar-refractivity contribution is 0.476. The highest BCUT2D eigenvalue weighted by Gasteiger charge is 2.27. The van der Waals surface area contributed by atoms with Crippen molar-refractivity contribution in [2.45, 2.75) is 52.4 Å². The van der Waals surface area contributed by atoms with Crippen LogP contribution in [0.5, 0.6) is 17.2 Å². The predicted molar refractivity (Wildman–Crippen MR) is 192 cm³/mol. The van der Waals surface area contributed by atoms with Gasteiger partial charge in [-0.25, -0.2) is 9.97 Å². The lowest BCUT2D eigenvalue weighted by Gasteiger charge is -2.32. The Labute approximate surface area is 277 Å². The summed E-state index contributed by atoms with van der Waals surface area (Å²) >= 11 is 0. The molecule has 0 amide bonds.